The predicted molar refractivity (Wildman–Crippen MR) is 77.5 cm³/mol. The second-order valence-electron chi connectivity index (χ2n) is 5.01. The molecule has 0 spiro atoms. The highest BCUT2D eigenvalue weighted by atomic mass is 16.5. The van der Waals surface area contributed by atoms with Crippen molar-refractivity contribution in [2.24, 2.45) is 0 Å². The number of hydrogen-bond donors (Lipinski definition) is 1. The van der Waals surface area contributed by atoms with Gasteiger partial charge in [-0.1, -0.05) is 38.0 Å². The molecule has 1 fully saturated rings. The Morgan fingerprint density at radius 2 is 1.95 bits per heavy atom. The zero-order valence-electron chi connectivity index (χ0n) is 11.9. The maximum Gasteiger partial charge on any atom is 0.123 e. The number of para-hydroxylation sites is 1. The summed E-state index contributed by atoms with van der Waals surface area (Å²) in [5, 5.41) is 3.33. The highest BCUT2D eigenvalue weighted by molar-refractivity contribution is 5.33. The minimum Gasteiger partial charge on any atom is -0.491 e. The molecular formula is C16H25NO2. The van der Waals surface area contributed by atoms with Crippen LogP contribution in [0.5, 0.6) is 5.75 Å². The quantitative estimate of drug-likeness (QED) is 0.731. The molecule has 0 aromatic heterocycles. The van der Waals surface area contributed by atoms with E-state index in [2.05, 4.69) is 24.4 Å². The fraction of sp³-hybridized carbons (Fsp3) is 0.625. The van der Waals surface area contributed by atoms with Gasteiger partial charge in [0.1, 0.15) is 12.4 Å². The lowest BCUT2D eigenvalue weighted by atomic mass is 10.2. The van der Waals surface area contributed by atoms with E-state index in [0.717, 1.165) is 18.8 Å². The largest absolute Gasteiger partial charge is 0.491 e. The lowest BCUT2D eigenvalue weighted by molar-refractivity contribution is 0.0380. The van der Waals surface area contributed by atoms with Crippen LogP contribution in [0.25, 0.3) is 0 Å². The third kappa shape index (κ3) is 4.84. The Balaban J connectivity index is 1.72. The van der Waals surface area contributed by atoms with Crippen molar-refractivity contribution in [2.45, 2.75) is 45.3 Å². The van der Waals surface area contributed by atoms with E-state index in [1.165, 1.54) is 31.2 Å². The fourth-order valence-corrected chi connectivity index (χ4v) is 2.47. The standard InChI is InChI=1S/C16H25NO2/c1-2-17-13-14-7-3-6-10-16(14)19-12-11-18-15-8-4-5-9-15/h3,6-7,10,15,17H,2,4-5,8-9,11-13H2,1H3. The second-order valence-corrected chi connectivity index (χ2v) is 5.01. The van der Waals surface area contributed by atoms with E-state index >= 15 is 0 Å². The van der Waals surface area contributed by atoms with Crippen molar-refractivity contribution in [3.05, 3.63) is 29.8 Å². The SMILES string of the molecule is CCNCc1ccccc1OCCOC1CCCC1. The van der Waals surface area contributed by atoms with E-state index in [4.69, 9.17) is 9.47 Å². The van der Waals surface area contributed by atoms with Crippen LogP contribution < -0.4 is 10.1 Å². The molecule has 106 valence electrons. The first-order valence-electron chi connectivity index (χ1n) is 7.43. The maximum atomic E-state index is 5.83. The third-order valence-electron chi connectivity index (χ3n) is 3.53. The summed E-state index contributed by atoms with van der Waals surface area (Å²) in [5.41, 5.74) is 1.21. The van der Waals surface area contributed by atoms with E-state index in [1.807, 2.05) is 12.1 Å². The van der Waals surface area contributed by atoms with Crippen molar-refractivity contribution in [1.82, 2.24) is 5.32 Å². The molecule has 1 aliphatic carbocycles. The van der Waals surface area contributed by atoms with Gasteiger partial charge in [-0.05, 0) is 25.5 Å². The molecule has 1 aromatic carbocycles. The van der Waals surface area contributed by atoms with Crippen molar-refractivity contribution < 1.29 is 9.47 Å². The average molecular weight is 263 g/mol. The predicted octanol–water partition coefficient (Wildman–Crippen LogP) is 3.13. The molecule has 0 atom stereocenters. The van der Waals surface area contributed by atoms with Gasteiger partial charge in [-0.2, -0.15) is 0 Å². The van der Waals surface area contributed by atoms with Gasteiger partial charge in [0.25, 0.3) is 0 Å². The van der Waals surface area contributed by atoms with Crippen LogP contribution in [0.1, 0.15) is 38.2 Å². The molecule has 1 aliphatic rings. The molecule has 1 aromatic rings. The van der Waals surface area contributed by atoms with Gasteiger partial charge < -0.3 is 14.8 Å². The minimum absolute atomic E-state index is 0.473. The molecule has 0 unspecified atom stereocenters. The first-order chi connectivity index (χ1) is 9.40. The van der Waals surface area contributed by atoms with Gasteiger partial charge in [-0.25, -0.2) is 0 Å². The molecule has 3 heteroatoms. The number of benzene rings is 1. The molecule has 1 saturated carbocycles. The van der Waals surface area contributed by atoms with Gasteiger partial charge in [0.15, 0.2) is 0 Å². The summed E-state index contributed by atoms with van der Waals surface area (Å²) in [5.74, 6) is 0.971. The van der Waals surface area contributed by atoms with Crippen LogP contribution in [-0.2, 0) is 11.3 Å². The molecule has 19 heavy (non-hydrogen) atoms. The average Bonchev–Trinajstić information content (AvgIpc) is 2.95. The van der Waals surface area contributed by atoms with Crippen LogP contribution in [0.3, 0.4) is 0 Å². The Bertz CT molecular complexity index is 362. The molecule has 0 bridgehead atoms. The molecule has 2 rings (SSSR count). The Kier molecular flexibility index (Phi) is 6.18. The zero-order chi connectivity index (χ0) is 13.3. The Morgan fingerprint density at radius 3 is 2.74 bits per heavy atom. The Labute approximate surface area is 116 Å². The summed E-state index contributed by atoms with van der Waals surface area (Å²) in [6, 6.07) is 8.20. The molecule has 0 heterocycles. The third-order valence-corrected chi connectivity index (χ3v) is 3.53. The maximum absolute atomic E-state index is 5.83. The van der Waals surface area contributed by atoms with E-state index in [0.29, 0.717) is 19.3 Å². The van der Waals surface area contributed by atoms with Crippen LogP contribution in [0.2, 0.25) is 0 Å². The van der Waals surface area contributed by atoms with Crippen molar-refractivity contribution in [3.8, 4) is 5.75 Å². The number of rotatable bonds is 8. The second kappa shape index (κ2) is 8.18. The van der Waals surface area contributed by atoms with Gasteiger partial charge >= 0.3 is 0 Å². The number of nitrogens with one attached hydrogen (secondary N) is 1. The van der Waals surface area contributed by atoms with E-state index in [9.17, 15) is 0 Å². The number of ether oxygens (including phenoxy) is 2. The van der Waals surface area contributed by atoms with Crippen molar-refractivity contribution >= 4 is 0 Å². The summed E-state index contributed by atoms with van der Waals surface area (Å²) in [7, 11) is 0. The van der Waals surface area contributed by atoms with Crippen molar-refractivity contribution in [2.75, 3.05) is 19.8 Å². The minimum atomic E-state index is 0.473. The van der Waals surface area contributed by atoms with Crippen LogP contribution in [0.15, 0.2) is 24.3 Å². The summed E-state index contributed by atoms with van der Waals surface area (Å²) < 4.78 is 11.6. The molecule has 3 nitrogen and oxygen atoms in total. The molecule has 0 saturated heterocycles. The normalized spacial score (nSPS) is 15.8. The smallest absolute Gasteiger partial charge is 0.123 e. The van der Waals surface area contributed by atoms with E-state index in [1.54, 1.807) is 0 Å². The van der Waals surface area contributed by atoms with Gasteiger partial charge in [-0.3, -0.25) is 0 Å². The first kappa shape index (κ1) is 14.4. The zero-order valence-corrected chi connectivity index (χ0v) is 11.9. The monoisotopic (exact) mass is 263 g/mol. The van der Waals surface area contributed by atoms with Gasteiger partial charge in [-0.15, -0.1) is 0 Å². The molecule has 0 amide bonds. The van der Waals surface area contributed by atoms with Crippen molar-refractivity contribution in [3.63, 3.8) is 0 Å². The summed E-state index contributed by atoms with van der Waals surface area (Å²) in [6.07, 6.45) is 5.54. The first-order valence-corrected chi connectivity index (χ1v) is 7.43. The van der Waals surface area contributed by atoms with Gasteiger partial charge in [0.2, 0.25) is 0 Å². The van der Waals surface area contributed by atoms with Crippen LogP contribution in [0.4, 0.5) is 0 Å². The van der Waals surface area contributed by atoms with E-state index in [-0.39, 0.29) is 0 Å². The number of hydrogen-bond acceptors (Lipinski definition) is 3. The van der Waals surface area contributed by atoms with Crippen molar-refractivity contribution in [1.29, 1.82) is 0 Å². The highest BCUT2D eigenvalue weighted by Crippen LogP contribution is 2.21. The topological polar surface area (TPSA) is 30.5 Å². The lowest BCUT2D eigenvalue weighted by Crippen LogP contribution is -2.16. The fourth-order valence-electron chi connectivity index (χ4n) is 2.47. The van der Waals surface area contributed by atoms with Crippen LogP contribution in [-0.4, -0.2) is 25.9 Å². The highest BCUT2D eigenvalue weighted by Gasteiger charge is 2.14. The van der Waals surface area contributed by atoms with Crippen LogP contribution in [0, 0.1) is 0 Å². The molecule has 0 radical (unpaired) electrons. The summed E-state index contributed by atoms with van der Waals surface area (Å²) in [6.45, 7) is 5.27. The summed E-state index contributed by atoms with van der Waals surface area (Å²) in [4.78, 5) is 0. The molecule has 1 N–H and O–H groups in total. The summed E-state index contributed by atoms with van der Waals surface area (Å²) >= 11 is 0. The molecule has 0 aliphatic heterocycles. The lowest BCUT2D eigenvalue weighted by Gasteiger charge is -2.14. The Hall–Kier alpha value is -1.06. The Morgan fingerprint density at radius 1 is 1.16 bits per heavy atom. The van der Waals surface area contributed by atoms with E-state index < -0.39 is 0 Å². The van der Waals surface area contributed by atoms with Gasteiger partial charge in [0.05, 0.1) is 12.7 Å². The van der Waals surface area contributed by atoms with Crippen LogP contribution >= 0.6 is 0 Å². The van der Waals surface area contributed by atoms with Gasteiger partial charge in [0, 0.05) is 12.1 Å². The molecular weight excluding hydrogens is 238 g/mol.